The number of aryl methyl sites for hydroxylation is 3. The summed E-state index contributed by atoms with van der Waals surface area (Å²) in [4.78, 5) is 59.5. The van der Waals surface area contributed by atoms with E-state index in [2.05, 4.69) is 16.6 Å². The Morgan fingerprint density at radius 3 is 1.78 bits per heavy atom. The number of allylic oxidation sites excluding steroid dienone is 4. The van der Waals surface area contributed by atoms with Crippen LogP contribution < -0.4 is 9.75 Å². The van der Waals surface area contributed by atoms with E-state index in [9.17, 15) is 24.4 Å². The van der Waals surface area contributed by atoms with E-state index in [-0.39, 0.29) is 64.9 Å². The van der Waals surface area contributed by atoms with Crippen LogP contribution in [-0.4, -0.2) is 47.6 Å². The van der Waals surface area contributed by atoms with Crippen LogP contribution in [0.4, 0.5) is 5.82 Å². The van der Waals surface area contributed by atoms with Crippen molar-refractivity contribution in [2.24, 2.45) is 50.2 Å². The van der Waals surface area contributed by atoms with Gasteiger partial charge in [0.15, 0.2) is 11.6 Å². The SMILES string of the molecule is [C-]#[N+]C1=C[C@]2(C)c3nn(C)c(-c4cn(C)[n+]([O-])c4)c3CC[C@H]2[C@H](C)C1=O.[C-]#[N+]C1=C[C@]2(C)c3nn(C)c(N4C(=O)CC(C)(C)C4=O)c3CC[C@H]2[C@H](C)C1=O. The fraction of sp³-hybridized carbons (Fsp3) is 0.525. The Morgan fingerprint density at radius 2 is 1.31 bits per heavy atom. The summed E-state index contributed by atoms with van der Waals surface area (Å²) in [5.74, 6) is -0.310. The molecule has 2 amide bonds. The van der Waals surface area contributed by atoms with E-state index in [0.717, 1.165) is 57.9 Å². The van der Waals surface area contributed by atoms with Crippen LogP contribution in [0.3, 0.4) is 0 Å². The summed E-state index contributed by atoms with van der Waals surface area (Å²) in [5, 5.41) is 21.3. The van der Waals surface area contributed by atoms with Crippen molar-refractivity contribution >= 4 is 29.2 Å². The van der Waals surface area contributed by atoms with Gasteiger partial charge in [0.25, 0.3) is 0 Å². The van der Waals surface area contributed by atoms with Crippen molar-refractivity contribution in [3.05, 3.63) is 86.5 Å². The minimum absolute atomic E-state index is 0.0437. The zero-order valence-electron chi connectivity index (χ0n) is 32.2. The molecule has 0 unspecified atom stereocenters. The number of imide groups is 1. The second kappa shape index (κ2) is 12.2. The van der Waals surface area contributed by atoms with Gasteiger partial charge in [0.1, 0.15) is 5.82 Å². The molecule has 0 radical (unpaired) electrons. The topological polar surface area (TPSA) is 148 Å². The van der Waals surface area contributed by atoms with Crippen LogP contribution in [0.15, 0.2) is 35.9 Å². The van der Waals surface area contributed by atoms with Crippen LogP contribution in [0, 0.1) is 47.4 Å². The first kappa shape index (κ1) is 36.7. The summed E-state index contributed by atoms with van der Waals surface area (Å²) in [5.41, 5.74) is 4.08. The van der Waals surface area contributed by atoms with Gasteiger partial charge in [-0.2, -0.15) is 14.9 Å². The minimum Gasteiger partial charge on any atom is -0.596 e. The maximum Gasteiger partial charge on any atom is 0.241 e. The summed E-state index contributed by atoms with van der Waals surface area (Å²) in [6.45, 7) is 26.2. The molecule has 0 bridgehead atoms. The summed E-state index contributed by atoms with van der Waals surface area (Å²) >= 11 is 0. The van der Waals surface area contributed by atoms with Gasteiger partial charge >= 0.3 is 0 Å². The molecule has 0 aromatic carbocycles. The van der Waals surface area contributed by atoms with Crippen LogP contribution in [0.1, 0.15) is 83.3 Å². The lowest BCUT2D eigenvalue weighted by Crippen LogP contribution is -2.45. The highest BCUT2D eigenvalue weighted by Crippen LogP contribution is 2.53. The average Bonchev–Trinajstić information content (AvgIpc) is 3.80. The smallest absolute Gasteiger partial charge is 0.241 e. The van der Waals surface area contributed by atoms with Crippen molar-refractivity contribution in [2.75, 3.05) is 4.90 Å². The molecule has 4 aliphatic carbocycles. The normalized spacial score (nSPS) is 29.5. The Balaban J connectivity index is 0.000000167. The number of anilines is 1. The van der Waals surface area contributed by atoms with Gasteiger partial charge in [-0.1, -0.05) is 58.5 Å². The number of amides is 2. The lowest BCUT2D eigenvalue weighted by molar-refractivity contribution is -0.691. The second-order valence-corrected chi connectivity index (χ2v) is 16.7. The number of Topliss-reactive ketones (excluding diaryl/α,β-unsaturated/α-hetero) is 2. The van der Waals surface area contributed by atoms with Crippen LogP contribution in [0.25, 0.3) is 20.9 Å². The molecule has 1 saturated heterocycles. The van der Waals surface area contributed by atoms with Crippen molar-refractivity contribution in [2.45, 2.75) is 84.5 Å². The van der Waals surface area contributed by atoms with Gasteiger partial charge in [0, 0.05) is 54.3 Å². The number of carbonyl (C=O) groups excluding carboxylic acids is 4. The predicted octanol–water partition coefficient (Wildman–Crippen LogP) is 4.45. The first-order valence-corrected chi connectivity index (χ1v) is 18.4. The lowest BCUT2D eigenvalue weighted by Gasteiger charge is -2.44. The second-order valence-electron chi connectivity index (χ2n) is 16.7. The van der Waals surface area contributed by atoms with E-state index in [1.807, 2.05) is 38.6 Å². The zero-order valence-corrected chi connectivity index (χ0v) is 32.2. The molecule has 54 heavy (non-hydrogen) atoms. The zero-order chi connectivity index (χ0) is 39.4. The lowest BCUT2D eigenvalue weighted by atomic mass is 9.58. The van der Waals surface area contributed by atoms with E-state index in [4.69, 9.17) is 23.3 Å². The van der Waals surface area contributed by atoms with E-state index in [1.165, 1.54) is 9.58 Å². The van der Waals surface area contributed by atoms with Gasteiger partial charge < -0.3 is 14.8 Å². The van der Waals surface area contributed by atoms with Crippen molar-refractivity contribution < 1.29 is 24.0 Å². The highest BCUT2D eigenvalue weighted by Gasteiger charge is 2.54. The summed E-state index contributed by atoms with van der Waals surface area (Å²) in [7, 11) is 5.33. The number of rotatable bonds is 2. The van der Waals surface area contributed by atoms with Crippen molar-refractivity contribution in [1.82, 2.24) is 24.2 Å². The third-order valence-corrected chi connectivity index (χ3v) is 12.9. The van der Waals surface area contributed by atoms with Crippen molar-refractivity contribution in [3.63, 3.8) is 0 Å². The maximum atomic E-state index is 12.9. The molecule has 1 fully saturated rings. The fourth-order valence-electron chi connectivity index (χ4n) is 10.0. The van der Waals surface area contributed by atoms with Gasteiger partial charge in [-0.15, -0.1) is 0 Å². The molecule has 3 aromatic rings. The molecule has 14 nitrogen and oxygen atoms in total. The van der Waals surface area contributed by atoms with E-state index < -0.39 is 16.2 Å². The Labute approximate surface area is 314 Å². The number of aromatic nitrogens is 6. The van der Waals surface area contributed by atoms with Crippen molar-refractivity contribution in [1.29, 1.82) is 0 Å². The Hall–Kier alpha value is -5.63. The first-order chi connectivity index (χ1) is 25.3. The molecule has 8 rings (SSSR count). The molecular formula is C40H45N9O5. The molecule has 5 aliphatic rings. The monoisotopic (exact) mass is 731 g/mol. The Kier molecular flexibility index (Phi) is 8.30. The molecule has 1 aliphatic heterocycles. The Morgan fingerprint density at radius 1 is 0.815 bits per heavy atom. The van der Waals surface area contributed by atoms with Gasteiger partial charge in [-0.3, -0.25) is 19.0 Å². The number of nitrogens with zero attached hydrogens (tertiary/aromatic N) is 9. The number of fused-ring (bicyclic) bond motifs is 6. The molecule has 0 saturated carbocycles. The maximum absolute atomic E-state index is 12.9. The first-order valence-electron chi connectivity index (χ1n) is 18.4. The average molecular weight is 732 g/mol. The summed E-state index contributed by atoms with van der Waals surface area (Å²) < 4.78 is 4.92. The minimum atomic E-state index is -0.724. The standard InChI is InChI=1S/C21H24N4O3.C19H21N5O2/c1-11-13-8-7-12-17(21(13,4)9-14(22-5)16(11)27)23-24(6)18(12)25-15(26)10-20(2,3)19(25)28;1-11-14-7-6-13-16(12-9-22(4)24(26)10-12)23(5)21-18(13)19(14,2)8-15(20-3)17(11)25/h9,11,13H,7-8,10H2,1-4,6H3;8-11,14H,6-7H2,1-2,4-5H3/t11-,13-,21-;11-,14-,19-/m00/s1. The molecule has 3 aromatic heterocycles. The molecule has 280 valence electrons. The third-order valence-electron chi connectivity index (χ3n) is 12.9. The van der Waals surface area contributed by atoms with Gasteiger partial charge in [-0.25, -0.2) is 14.6 Å². The number of hydrogen-bond acceptors (Lipinski definition) is 7. The molecule has 0 spiro atoms. The molecular weight excluding hydrogens is 686 g/mol. The molecule has 14 heteroatoms. The van der Waals surface area contributed by atoms with E-state index in [0.29, 0.717) is 12.2 Å². The van der Waals surface area contributed by atoms with Crippen LogP contribution in [-0.2, 0) is 64.0 Å². The number of ketones is 2. The van der Waals surface area contributed by atoms with E-state index >= 15 is 0 Å². The highest BCUT2D eigenvalue weighted by atomic mass is 16.5. The van der Waals surface area contributed by atoms with Crippen LogP contribution in [0.2, 0.25) is 0 Å². The molecule has 0 N–H and O–H groups in total. The van der Waals surface area contributed by atoms with Gasteiger partial charge in [-0.05, 0) is 37.5 Å². The summed E-state index contributed by atoms with van der Waals surface area (Å²) in [6.07, 6.45) is 10.2. The number of carbonyl (C=O) groups is 4. The van der Waals surface area contributed by atoms with Crippen LogP contribution in [0.5, 0.6) is 0 Å². The quantitative estimate of drug-likeness (QED) is 0.164. The highest BCUT2D eigenvalue weighted by molar-refractivity contribution is 6.22. The number of hydrogen-bond donors (Lipinski definition) is 0. The van der Waals surface area contributed by atoms with Crippen LogP contribution >= 0.6 is 0 Å². The predicted molar refractivity (Wildman–Crippen MR) is 197 cm³/mol. The summed E-state index contributed by atoms with van der Waals surface area (Å²) in [6, 6.07) is 0. The van der Waals surface area contributed by atoms with Crippen molar-refractivity contribution in [3.8, 4) is 11.3 Å². The van der Waals surface area contributed by atoms with Gasteiger partial charge in [0.05, 0.1) is 54.4 Å². The molecule has 4 heterocycles. The van der Waals surface area contributed by atoms with E-state index in [1.54, 1.807) is 51.1 Å². The fourth-order valence-corrected chi connectivity index (χ4v) is 10.0. The largest absolute Gasteiger partial charge is 0.596 e. The third kappa shape index (κ3) is 5.06. The molecule has 6 atom stereocenters. The Bertz CT molecular complexity index is 2320. The van der Waals surface area contributed by atoms with Gasteiger partial charge in [0.2, 0.25) is 29.4 Å².